The second-order valence-corrected chi connectivity index (χ2v) is 9.14. The molecule has 3 aromatic rings. The molecule has 1 saturated carbocycles. The van der Waals surface area contributed by atoms with E-state index in [2.05, 4.69) is 10.3 Å². The molecular formula is C25H27FN4O5S. The average molecular weight is 515 g/mol. The van der Waals surface area contributed by atoms with E-state index in [0.29, 0.717) is 5.69 Å². The molecule has 190 valence electrons. The molecule has 0 unspecified atom stereocenters. The first-order chi connectivity index (χ1) is 17.2. The topological polar surface area (TPSA) is 161 Å². The second-order valence-electron chi connectivity index (χ2n) is 8.03. The molecule has 0 bridgehead atoms. The number of halogens is 1. The monoisotopic (exact) mass is 514 g/mol. The predicted molar refractivity (Wildman–Crippen MR) is 137 cm³/mol. The minimum absolute atomic E-state index is 0.251. The SMILES string of the molecule is Nc1ccc(F)cc1.Nc1ccc(Oc2ccnc3c2SCCCN3)cc1.O=C(O)C1(C(=O)O)CC1. The number of anilines is 3. The fourth-order valence-corrected chi connectivity index (χ4v) is 4.01. The van der Waals surface area contributed by atoms with E-state index < -0.39 is 17.4 Å². The van der Waals surface area contributed by atoms with Gasteiger partial charge in [-0.25, -0.2) is 9.37 Å². The number of nitrogens with zero attached hydrogens (tertiary/aromatic N) is 1. The highest BCUT2D eigenvalue weighted by Crippen LogP contribution is 2.45. The van der Waals surface area contributed by atoms with Crippen molar-refractivity contribution in [3.05, 3.63) is 66.6 Å². The van der Waals surface area contributed by atoms with Crippen molar-refractivity contribution in [2.75, 3.05) is 29.1 Å². The van der Waals surface area contributed by atoms with Gasteiger partial charge in [0.1, 0.15) is 23.1 Å². The van der Waals surface area contributed by atoms with Crippen LogP contribution in [0.1, 0.15) is 19.3 Å². The van der Waals surface area contributed by atoms with E-state index in [1.165, 1.54) is 24.3 Å². The van der Waals surface area contributed by atoms with Crippen LogP contribution in [-0.4, -0.2) is 39.4 Å². The number of pyridine rings is 1. The predicted octanol–water partition coefficient (Wildman–Crippen LogP) is 4.71. The third-order valence-corrected chi connectivity index (χ3v) is 6.45. The van der Waals surface area contributed by atoms with Crippen LogP contribution in [0.25, 0.3) is 0 Å². The van der Waals surface area contributed by atoms with Crippen LogP contribution in [0.2, 0.25) is 0 Å². The molecule has 2 heterocycles. The van der Waals surface area contributed by atoms with Crippen molar-refractivity contribution in [1.29, 1.82) is 0 Å². The average Bonchev–Trinajstić information content (AvgIpc) is 3.69. The number of aromatic nitrogens is 1. The van der Waals surface area contributed by atoms with E-state index in [0.717, 1.165) is 46.6 Å². The van der Waals surface area contributed by atoms with Crippen molar-refractivity contribution in [1.82, 2.24) is 4.98 Å². The highest BCUT2D eigenvalue weighted by Gasteiger charge is 2.57. The third kappa shape index (κ3) is 7.25. The van der Waals surface area contributed by atoms with Crippen molar-refractivity contribution in [2.24, 2.45) is 5.41 Å². The second kappa shape index (κ2) is 12.1. The molecule has 1 aromatic heterocycles. The molecule has 0 atom stereocenters. The number of carbonyl (C=O) groups is 2. The summed E-state index contributed by atoms with van der Waals surface area (Å²) in [6, 6.07) is 15.0. The first kappa shape index (κ1) is 26.6. The van der Waals surface area contributed by atoms with Crippen molar-refractivity contribution < 1.29 is 28.9 Å². The summed E-state index contributed by atoms with van der Waals surface area (Å²) in [5.74, 6) is 0.935. The van der Waals surface area contributed by atoms with Crippen molar-refractivity contribution in [2.45, 2.75) is 24.2 Å². The maximum absolute atomic E-state index is 12.0. The quantitative estimate of drug-likeness (QED) is 0.244. The Labute approximate surface area is 211 Å². The molecule has 0 spiro atoms. The molecule has 1 fully saturated rings. The minimum atomic E-state index is -1.42. The van der Waals surface area contributed by atoms with Crippen molar-refractivity contribution in [3.8, 4) is 11.5 Å². The summed E-state index contributed by atoms with van der Waals surface area (Å²) >= 11 is 1.78. The van der Waals surface area contributed by atoms with Crippen LogP contribution in [0, 0.1) is 11.2 Å². The molecule has 0 saturated heterocycles. The summed E-state index contributed by atoms with van der Waals surface area (Å²) in [6.45, 7) is 0.957. The van der Waals surface area contributed by atoms with Crippen LogP contribution >= 0.6 is 11.8 Å². The smallest absolute Gasteiger partial charge is 0.321 e. The zero-order valence-electron chi connectivity index (χ0n) is 19.3. The molecule has 2 aliphatic rings. The van der Waals surface area contributed by atoms with Gasteiger partial charge in [0.2, 0.25) is 0 Å². The maximum Gasteiger partial charge on any atom is 0.321 e. The molecular weight excluding hydrogens is 487 g/mol. The first-order valence-electron chi connectivity index (χ1n) is 11.1. The lowest BCUT2D eigenvalue weighted by molar-refractivity contribution is -0.156. The number of carboxylic acids is 2. The highest BCUT2D eigenvalue weighted by atomic mass is 32.2. The highest BCUT2D eigenvalue weighted by molar-refractivity contribution is 7.99. The summed E-state index contributed by atoms with van der Waals surface area (Å²) in [4.78, 5) is 25.7. The Kier molecular flexibility index (Phi) is 8.96. The summed E-state index contributed by atoms with van der Waals surface area (Å²) in [5.41, 5.74) is 10.8. The molecule has 2 aromatic carbocycles. The summed E-state index contributed by atoms with van der Waals surface area (Å²) < 4.78 is 18.0. The number of hydrogen-bond acceptors (Lipinski definition) is 8. The lowest BCUT2D eigenvalue weighted by Gasteiger charge is -2.12. The van der Waals surface area contributed by atoms with E-state index in [-0.39, 0.29) is 18.7 Å². The minimum Gasteiger partial charge on any atom is -0.480 e. The van der Waals surface area contributed by atoms with Crippen LogP contribution in [-0.2, 0) is 9.59 Å². The zero-order chi connectivity index (χ0) is 26.1. The molecule has 0 radical (unpaired) electrons. The lowest BCUT2D eigenvalue weighted by Crippen LogP contribution is -2.24. The van der Waals surface area contributed by atoms with Gasteiger partial charge < -0.3 is 31.7 Å². The van der Waals surface area contributed by atoms with Crippen LogP contribution in [0.4, 0.5) is 21.6 Å². The van der Waals surface area contributed by atoms with Crippen molar-refractivity contribution in [3.63, 3.8) is 0 Å². The molecule has 36 heavy (non-hydrogen) atoms. The molecule has 7 N–H and O–H groups in total. The van der Waals surface area contributed by atoms with Gasteiger partial charge in [-0.05, 0) is 73.5 Å². The van der Waals surface area contributed by atoms with Crippen LogP contribution in [0.5, 0.6) is 11.5 Å². The van der Waals surface area contributed by atoms with Gasteiger partial charge in [0.05, 0.1) is 4.90 Å². The number of fused-ring (bicyclic) bond motifs is 1. The van der Waals surface area contributed by atoms with Gasteiger partial charge in [0.15, 0.2) is 5.41 Å². The number of nitrogen functional groups attached to an aromatic ring is 2. The Morgan fingerprint density at radius 3 is 2.06 bits per heavy atom. The number of rotatable bonds is 4. The third-order valence-electron chi connectivity index (χ3n) is 5.28. The molecule has 0 amide bonds. The number of ether oxygens (including phenoxy) is 1. The summed E-state index contributed by atoms with van der Waals surface area (Å²) in [5, 5.41) is 19.9. The van der Waals surface area contributed by atoms with E-state index >= 15 is 0 Å². The standard InChI is InChI=1S/C14H15N3OS.C6H6FN.C5H6O4/c15-10-2-4-11(5-3-10)18-12-6-8-17-14-13(12)19-9-1-7-16-14;7-5-1-3-6(8)4-2-5;6-3(7)5(1-2-5)4(8)9/h2-6,8H,1,7,9,15H2,(H,16,17);1-4H,8H2;1-2H2,(H,6,7)(H,8,9). The lowest BCUT2D eigenvalue weighted by atomic mass is 10.1. The van der Waals surface area contributed by atoms with E-state index in [9.17, 15) is 14.0 Å². The largest absolute Gasteiger partial charge is 0.480 e. The number of hydrogen-bond donors (Lipinski definition) is 5. The van der Waals surface area contributed by atoms with Gasteiger partial charge in [0, 0.05) is 30.2 Å². The Bertz CT molecular complexity index is 1150. The molecule has 1 aliphatic carbocycles. The Morgan fingerprint density at radius 1 is 0.972 bits per heavy atom. The van der Waals surface area contributed by atoms with Gasteiger partial charge in [-0.1, -0.05) is 0 Å². The first-order valence-corrected chi connectivity index (χ1v) is 12.1. The molecule has 5 rings (SSSR count). The van der Waals surface area contributed by atoms with E-state index in [1.54, 1.807) is 18.0 Å². The molecule has 1 aliphatic heterocycles. The molecule has 11 heteroatoms. The van der Waals surface area contributed by atoms with Gasteiger partial charge >= 0.3 is 11.9 Å². The number of thioether (sulfide) groups is 1. The van der Waals surface area contributed by atoms with Crippen LogP contribution in [0.15, 0.2) is 65.7 Å². The Balaban J connectivity index is 0.000000176. The normalized spacial score (nSPS) is 14.7. The van der Waals surface area contributed by atoms with Gasteiger partial charge in [-0.3, -0.25) is 9.59 Å². The van der Waals surface area contributed by atoms with Crippen LogP contribution < -0.4 is 21.5 Å². The van der Waals surface area contributed by atoms with Gasteiger partial charge in [-0.15, -0.1) is 11.8 Å². The number of benzene rings is 2. The van der Waals surface area contributed by atoms with E-state index in [1.807, 2.05) is 30.3 Å². The fraction of sp³-hybridized carbons (Fsp3) is 0.240. The summed E-state index contributed by atoms with van der Waals surface area (Å²) in [6.07, 6.45) is 3.45. The van der Waals surface area contributed by atoms with E-state index in [4.69, 9.17) is 26.4 Å². The summed E-state index contributed by atoms with van der Waals surface area (Å²) in [7, 11) is 0. The number of nitrogens with two attached hydrogens (primary N) is 2. The fourth-order valence-electron chi connectivity index (χ4n) is 3.00. The molecule has 9 nitrogen and oxygen atoms in total. The zero-order valence-corrected chi connectivity index (χ0v) is 20.1. The maximum atomic E-state index is 12.0. The van der Waals surface area contributed by atoms with Gasteiger partial charge in [-0.2, -0.15) is 0 Å². The number of nitrogens with one attached hydrogen (secondary N) is 1. The number of carboxylic acid groups (broad SMARTS) is 2. The van der Waals surface area contributed by atoms with Gasteiger partial charge in [0.25, 0.3) is 0 Å². The Hall–Kier alpha value is -3.99. The number of aliphatic carboxylic acids is 2. The Morgan fingerprint density at radius 2 is 1.56 bits per heavy atom. The van der Waals surface area contributed by atoms with Crippen LogP contribution in [0.3, 0.4) is 0 Å². The van der Waals surface area contributed by atoms with Crippen molar-refractivity contribution >= 4 is 40.9 Å².